The van der Waals surface area contributed by atoms with Gasteiger partial charge in [0.15, 0.2) is 0 Å². The molecular formula is C24H34N2O3. The lowest BCUT2D eigenvalue weighted by Crippen LogP contribution is -2.43. The second-order valence-corrected chi connectivity index (χ2v) is 7.91. The molecule has 1 heterocycles. The van der Waals surface area contributed by atoms with Gasteiger partial charge in [0.1, 0.15) is 11.5 Å². The lowest BCUT2D eigenvalue weighted by atomic mass is 10.1. The topological polar surface area (TPSA) is 53.8 Å². The van der Waals surface area contributed by atoms with Crippen LogP contribution in [-0.2, 0) is 22.6 Å². The Hall–Kier alpha value is -2.56. The number of carbonyl (C=O) groups is 2. The van der Waals surface area contributed by atoms with Crippen LogP contribution in [0.1, 0.15) is 50.7 Å². The number of benzene rings is 1. The summed E-state index contributed by atoms with van der Waals surface area (Å²) in [6.45, 7) is 9.72. The Morgan fingerprint density at radius 2 is 1.69 bits per heavy atom. The molecule has 5 heteroatoms. The van der Waals surface area contributed by atoms with Gasteiger partial charge in [-0.25, -0.2) is 0 Å². The molecule has 158 valence electrons. The molecule has 0 radical (unpaired) electrons. The van der Waals surface area contributed by atoms with E-state index in [1.807, 2.05) is 44.2 Å². The van der Waals surface area contributed by atoms with Crippen LogP contribution >= 0.6 is 0 Å². The molecule has 0 fully saturated rings. The standard InChI is InChI=1S/C24H34N2O3/c1-5-23(27)26(15-13-19(2)3)18-24(28)25(17-22-12-11-20(4)29-22)16-14-21-9-7-6-8-10-21/h6-12,19H,5,13-18H2,1-4H3. The van der Waals surface area contributed by atoms with Gasteiger partial charge in [0.25, 0.3) is 0 Å². The highest BCUT2D eigenvalue weighted by molar-refractivity contribution is 5.84. The minimum Gasteiger partial charge on any atom is -0.464 e. The van der Waals surface area contributed by atoms with Gasteiger partial charge < -0.3 is 14.2 Å². The van der Waals surface area contributed by atoms with Crippen molar-refractivity contribution < 1.29 is 14.0 Å². The summed E-state index contributed by atoms with van der Waals surface area (Å²) in [5.74, 6) is 2.06. The molecule has 2 rings (SSSR count). The van der Waals surface area contributed by atoms with Crippen LogP contribution in [0.25, 0.3) is 0 Å². The van der Waals surface area contributed by atoms with E-state index in [0.29, 0.717) is 32.0 Å². The number of hydrogen-bond acceptors (Lipinski definition) is 3. The number of nitrogens with zero attached hydrogens (tertiary/aromatic N) is 2. The first-order valence-corrected chi connectivity index (χ1v) is 10.5. The summed E-state index contributed by atoms with van der Waals surface area (Å²) in [6.07, 6.45) is 2.06. The van der Waals surface area contributed by atoms with Gasteiger partial charge in [-0.15, -0.1) is 0 Å². The zero-order valence-corrected chi connectivity index (χ0v) is 18.2. The van der Waals surface area contributed by atoms with E-state index in [1.54, 1.807) is 9.80 Å². The fourth-order valence-corrected chi connectivity index (χ4v) is 3.15. The fraction of sp³-hybridized carbons (Fsp3) is 0.500. The lowest BCUT2D eigenvalue weighted by molar-refractivity contribution is -0.141. The first-order valence-electron chi connectivity index (χ1n) is 10.5. The maximum absolute atomic E-state index is 13.1. The molecule has 0 aliphatic heterocycles. The molecule has 1 aromatic heterocycles. The Bertz CT molecular complexity index is 767. The third kappa shape index (κ3) is 7.76. The van der Waals surface area contributed by atoms with Crippen molar-refractivity contribution in [1.82, 2.24) is 9.80 Å². The molecule has 0 bridgehead atoms. The summed E-state index contributed by atoms with van der Waals surface area (Å²) < 4.78 is 5.69. The molecule has 0 atom stereocenters. The van der Waals surface area contributed by atoms with Gasteiger partial charge in [-0.2, -0.15) is 0 Å². The summed E-state index contributed by atoms with van der Waals surface area (Å²) in [5, 5.41) is 0. The molecule has 5 nitrogen and oxygen atoms in total. The molecule has 2 amide bonds. The second kappa shape index (κ2) is 11.4. The quantitative estimate of drug-likeness (QED) is 0.562. The Morgan fingerprint density at radius 3 is 2.28 bits per heavy atom. The third-order valence-corrected chi connectivity index (χ3v) is 4.97. The molecule has 29 heavy (non-hydrogen) atoms. The van der Waals surface area contributed by atoms with E-state index in [4.69, 9.17) is 4.42 Å². The predicted molar refractivity (Wildman–Crippen MR) is 115 cm³/mol. The van der Waals surface area contributed by atoms with Crippen molar-refractivity contribution in [3.05, 3.63) is 59.5 Å². The highest BCUT2D eigenvalue weighted by Gasteiger charge is 2.21. The highest BCUT2D eigenvalue weighted by atomic mass is 16.3. The molecular weight excluding hydrogens is 364 g/mol. The van der Waals surface area contributed by atoms with Crippen LogP contribution in [0, 0.1) is 12.8 Å². The zero-order valence-electron chi connectivity index (χ0n) is 18.2. The Kier molecular flexibility index (Phi) is 8.97. The van der Waals surface area contributed by atoms with E-state index < -0.39 is 0 Å². The number of furan rings is 1. The van der Waals surface area contributed by atoms with Crippen LogP contribution in [0.4, 0.5) is 0 Å². The van der Waals surface area contributed by atoms with Crippen molar-refractivity contribution in [1.29, 1.82) is 0 Å². The monoisotopic (exact) mass is 398 g/mol. The largest absolute Gasteiger partial charge is 0.464 e. The van der Waals surface area contributed by atoms with Gasteiger partial charge >= 0.3 is 0 Å². The van der Waals surface area contributed by atoms with Gasteiger partial charge in [0.2, 0.25) is 11.8 Å². The summed E-state index contributed by atoms with van der Waals surface area (Å²) in [6, 6.07) is 13.9. The van der Waals surface area contributed by atoms with Crippen LogP contribution in [0.3, 0.4) is 0 Å². The van der Waals surface area contributed by atoms with Crippen molar-refractivity contribution in [2.24, 2.45) is 5.92 Å². The average molecular weight is 399 g/mol. The van der Waals surface area contributed by atoms with E-state index in [-0.39, 0.29) is 18.4 Å². The molecule has 0 N–H and O–H groups in total. The Balaban J connectivity index is 2.09. The zero-order chi connectivity index (χ0) is 21.2. The number of hydrogen-bond donors (Lipinski definition) is 0. The van der Waals surface area contributed by atoms with E-state index >= 15 is 0 Å². The minimum atomic E-state index is -0.0412. The summed E-state index contributed by atoms with van der Waals surface area (Å²) >= 11 is 0. The number of amides is 2. The van der Waals surface area contributed by atoms with Crippen molar-refractivity contribution in [3.63, 3.8) is 0 Å². The van der Waals surface area contributed by atoms with Gasteiger partial charge in [0, 0.05) is 19.5 Å². The Morgan fingerprint density at radius 1 is 0.966 bits per heavy atom. The van der Waals surface area contributed by atoms with Crippen molar-refractivity contribution >= 4 is 11.8 Å². The second-order valence-electron chi connectivity index (χ2n) is 7.91. The van der Waals surface area contributed by atoms with Crippen LogP contribution in [0.5, 0.6) is 0 Å². The van der Waals surface area contributed by atoms with Gasteiger partial charge in [0.05, 0.1) is 13.1 Å². The smallest absolute Gasteiger partial charge is 0.242 e. The lowest BCUT2D eigenvalue weighted by Gasteiger charge is -2.27. The number of aryl methyl sites for hydroxylation is 1. The van der Waals surface area contributed by atoms with E-state index in [9.17, 15) is 9.59 Å². The van der Waals surface area contributed by atoms with Crippen LogP contribution in [0.2, 0.25) is 0 Å². The molecule has 0 saturated heterocycles. The number of carbonyl (C=O) groups excluding carboxylic acids is 2. The minimum absolute atomic E-state index is 0.0239. The van der Waals surface area contributed by atoms with Gasteiger partial charge in [-0.3, -0.25) is 9.59 Å². The first-order chi connectivity index (χ1) is 13.9. The molecule has 0 aliphatic carbocycles. The van der Waals surface area contributed by atoms with E-state index in [2.05, 4.69) is 26.0 Å². The first kappa shape index (κ1) is 22.7. The summed E-state index contributed by atoms with van der Waals surface area (Å²) in [5.41, 5.74) is 1.18. The molecule has 1 aromatic carbocycles. The third-order valence-electron chi connectivity index (χ3n) is 4.97. The van der Waals surface area contributed by atoms with Crippen molar-refractivity contribution in [3.8, 4) is 0 Å². The molecule has 2 aromatic rings. The van der Waals surface area contributed by atoms with E-state index in [0.717, 1.165) is 24.4 Å². The van der Waals surface area contributed by atoms with Crippen LogP contribution < -0.4 is 0 Å². The summed E-state index contributed by atoms with van der Waals surface area (Å²) in [4.78, 5) is 29.0. The fourth-order valence-electron chi connectivity index (χ4n) is 3.15. The predicted octanol–water partition coefficient (Wildman–Crippen LogP) is 4.44. The van der Waals surface area contributed by atoms with Crippen molar-refractivity contribution in [2.45, 2.75) is 53.5 Å². The van der Waals surface area contributed by atoms with Crippen molar-refractivity contribution in [2.75, 3.05) is 19.6 Å². The molecule has 0 spiro atoms. The van der Waals surface area contributed by atoms with Crippen LogP contribution in [-0.4, -0.2) is 41.2 Å². The molecule has 0 aliphatic rings. The Labute approximate surface area is 174 Å². The highest BCUT2D eigenvalue weighted by Crippen LogP contribution is 2.12. The molecule has 0 saturated carbocycles. The van der Waals surface area contributed by atoms with E-state index in [1.165, 1.54) is 5.56 Å². The average Bonchev–Trinajstić information content (AvgIpc) is 3.12. The summed E-state index contributed by atoms with van der Waals surface area (Å²) in [7, 11) is 0. The maximum Gasteiger partial charge on any atom is 0.242 e. The number of rotatable bonds is 11. The normalized spacial score (nSPS) is 10.9. The van der Waals surface area contributed by atoms with Gasteiger partial charge in [-0.1, -0.05) is 51.1 Å². The maximum atomic E-state index is 13.1. The molecule has 0 unspecified atom stereocenters. The SMILES string of the molecule is CCC(=O)N(CCC(C)C)CC(=O)N(CCc1ccccc1)Cc1ccc(C)o1. The van der Waals surface area contributed by atoms with Gasteiger partial charge in [-0.05, 0) is 43.4 Å². The van der Waals surface area contributed by atoms with Crippen LogP contribution in [0.15, 0.2) is 46.9 Å².